The van der Waals surface area contributed by atoms with Crippen LogP contribution in [0.3, 0.4) is 0 Å². The van der Waals surface area contributed by atoms with Crippen LogP contribution in [-0.2, 0) is 0 Å². The Morgan fingerprint density at radius 1 is 1.04 bits per heavy atom. The van der Waals surface area contributed by atoms with Crippen molar-refractivity contribution >= 4 is 33.7 Å². The molecule has 0 unspecified atom stereocenters. The first kappa shape index (κ1) is 17.4. The number of carbonyl (C=O) groups excluding carboxylic acids is 3. The topological polar surface area (TPSA) is 63.7 Å². The molecule has 0 radical (unpaired) electrons. The Balaban J connectivity index is 1.81. The van der Waals surface area contributed by atoms with E-state index in [1.807, 2.05) is 6.92 Å². The molecule has 2 amide bonds. The number of benzene rings is 2. The van der Waals surface area contributed by atoms with Gasteiger partial charge in [-0.3, -0.25) is 14.5 Å². The third kappa shape index (κ3) is 3.49. The summed E-state index contributed by atoms with van der Waals surface area (Å²) >= 11 is 3.31. The molecule has 128 valence electrons. The molecule has 0 fully saturated rings. The second-order valence-electron chi connectivity index (χ2n) is 5.72. The molecule has 6 heteroatoms. The lowest BCUT2D eigenvalue weighted by Gasteiger charge is -2.12. The molecule has 2 aromatic carbocycles. The average Bonchev–Trinajstić information content (AvgIpc) is 2.85. The van der Waals surface area contributed by atoms with Gasteiger partial charge in [0.15, 0.2) is 0 Å². The van der Waals surface area contributed by atoms with Gasteiger partial charge in [-0.1, -0.05) is 29.3 Å². The van der Waals surface area contributed by atoms with Crippen LogP contribution in [0, 0.1) is 0 Å². The highest BCUT2D eigenvalue weighted by Crippen LogP contribution is 2.25. The largest absolute Gasteiger partial charge is 0.423 e. The van der Waals surface area contributed by atoms with Gasteiger partial charge in [0.1, 0.15) is 5.75 Å². The number of nitrogens with zero attached hydrogens (tertiary/aromatic N) is 1. The molecule has 0 aliphatic carbocycles. The Kier molecular flexibility index (Phi) is 4.99. The van der Waals surface area contributed by atoms with Crippen LogP contribution in [0.1, 0.15) is 50.8 Å². The van der Waals surface area contributed by atoms with Crippen molar-refractivity contribution in [1.82, 2.24) is 4.90 Å². The smallest absolute Gasteiger partial charge is 0.343 e. The normalized spacial score (nSPS) is 13.1. The van der Waals surface area contributed by atoms with E-state index in [9.17, 15) is 14.4 Å². The van der Waals surface area contributed by atoms with Crippen molar-refractivity contribution in [2.24, 2.45) is 0 Å². The van der Waals surface area contributed by atoms with Crippen molar-refractivity contribution in [2.75, 3.05) is 6.54 Å². The lowest BCUT2D eigenvalue weighted by molar-refractivity contribution is 0.0651. The lowest BCUT2D eigenvalue weighted by atomic mass is 10.1. The van der Waals surface area contributed by atoms with Gasteiger partial charge in [-0.2, -0.15) is 0 Å². The van der Waals surface area contributed by atoms with Crippen molar-refractivity contribution in [2.45, 2.75) is 19.8 Å². The third-order valence-corrected chi connectivity index (χ3v) is 4.49. The molecule has 5 nitrogen and oxygen atoms in total. The highest BCUT2D eigenvalue weighted by Gasteiger charge is 2.35. The molecule has 0 saturated carbocycles. The molecule has 1 aliphatic heterocycles. The van der Waals surface area contributed by atoms with Gasteiger partial charge in [-0.25, -0.2) is 4.79 Å². The number of hydrogen-bond acceptors (Lipinski definition) is 4. The summed E-state index contributed by atoms with van der Waals surface area (Å²) in [6, 6.07) is 11.3. The van der Waals surface area contributed by atoms with Gasteiger partial charge in [0.2, 0.25) is 0 Å². The van der Waals surface area contributed by atoms with Crippen LogP contribution in [0.15, 0.2) is 46.9 Å². The summed E-state index contributed by atoms with van der Waals surface area (Å²) < 4.78 is 6.18. The monoisotopic (exact) mass is 401 g/mol. The van der Waals surface area contributed by atoms with Crippen molar-refractivity contribution in [3.05, 3.63) is 63.6 Å². The molecule has 3 rings (SSSR count). The number of rotatable bonds is 5. The average molecular weight is 402 g/mol. The molecule has 0 spiro atoms. The number of halogens is 1. The Bertz CT molecular complexity index is 845. The molecule has 1 aliphatic rings. The van der Waals surface area contributed by atoms with Crippen LogP contribution in [0.5, 0.6) is 5.75 Å². The number of amides is 2. The Labute approximate surface area is 153 Å². The maximum Gasteiger partial charge on any atom is 0.343 e. The summed E-state index contributed by atoms with van der Waals surface area (Å²) in [6.45, 7) is 2.38. The standard InChI is InChI=1S/C19H16BrNO4/c1-2-3-10-21-17(22)15-9-4-12(11-16(15)18(21)23)19(24)25-14-7-5-13(20)6-8-14/h4-9,11H,2-3,10H2,1H3. The summed E-state index contributed by atoms with van der Waals surface area (Å²) in [5, 5.41) is 0. The summed E-state index contributed by atoms with van der Waals surface area (Å²) in [7, 11) is 0. The lowest BCUT2D eigenvalue weighted by Crippen LogP contribution is -2.30. The number of imide groups is 1. The number of hydrogen-bond donors (Lipinski definition) is 0. The Morgan fingerprint density at radius 2 is 1.72 bits per heavy atom. The van der Waals surface area contributed by atoms with E-state index in [0.29, 0.717) is 17.9 Å². The van der Waals surface area contributed by atoms with E-state index in [-0.39, 0.29) is 22.9 Å². The van der Waals surface area contributed by atoms with Crippen LogP contribution in [0.25, 0.3) is 0 Å². The Hall–Kier alpha value is -2.47. The van der Waals surface area contributed by atoms with Gasteiger partial charge in [0.25, 0.3) is 11.8 Å². The highest BCUT2D eigenvalue weighted by molar-refractivity contribution is 9.10. The van der Waals surface area contributed by atoms with E-state index in [0.717, 1.165) is 17.3 Å². The fraction of sp³-hybridized carbons (Fsp3) is 0.211. The number of esters is 1. The fourth-order valence-corrected chi connectivity index (χ4v) is 2.87. The predicted octanol–water partition coefficient (Wildman–Crippen LogP) is 4.06. The SMILES string of the molecule is CCCCN1C(=O)c2ccc(C(=O)Oc3ccc(Br)cc3)cc2C1=O. The molecule has 0 atom stereocenters. The quantitative estimate of drug-likeness (QED) is 0.430. The van der Waals surface area contributed by atoms with Gasteiger partial charge >= 0.3 is 5.97 Å². The molecule has 2 aromatic rings. The number of unbranched alkanes of at least 4 members (excludes halogenated alkanes) is 1. The van der Waals surface area contributed by atoms with E-state index in [1.54, 1.807) is 24.3 Å². The zero-order valence-electron chi connectivity index (χ0n) is 13.6. The molecule has 25 heavy (non-hydrogen) atoms. The third-order valence-electron chi connectivity index (χ3n) is 3.97. The summed E-state index contributed by atoms with van der Waals surface area (Å²) in [5.74, 6) is -0.828. The molecule has 0 saturated heterocycles. The van der Waals surface area contributed by atoms with E-state index >= 15 is 0 Å². The minimum absolute atomic E-state index is 0.236. The van der Waals surface area contributed by atoms with Gasteiger partial charge in [0, 0.05) is 11.0 Å². The molecule has 0 bridgehead atoms. The second-order valence-corrected chi connectivity index (χ2v) is 6.63. The first-order valence-corrected chi connectivity index (χ1v) is 8.78. The molecule has 1 heterocycles. The summed E-state index contributed by atoms with van der Waals surface area (Å²) in [6.07, 6.45) is 1.64. The van der Waals surface area contributed by atoms with Crippen LogP contribution in [0.2, 0.25) is 0 Å². The summed E-state index contributed by atoms with van der Waals surface area (Å²) in [5.41, 5.74) is 0.827. The van der Waals surface area contributed by atoms with Gasteiger partial charge in [-0.05, 0) is 48.9 Å². The highest BCUT2D eigenvalue weighted by atomic mass is 79.9. The van der Waals surface area contributed by atoms with Crippen LogP contribution in [0.4, 0.5) is 0 Å². The first-order valence-electron chi connectivity index (χ1n) is 7.99. The van der Waals surface area contributed by atoms with Crippen molar-refractivity contribution < 1.29 is 19.1 Å². The van der Waals surface area contributed by atoms with Gasteiger partial charge < -0.3 is 4.74 Å². The van der Waals surface area contributed by atoms with Gasteiger partial charge in [-0.15, -0.1) is 0 Å². The second kappa shape index (κ2) is 7.19. The minimum Gasteiger partial charge on any atom is -0.423 e. The van der Waals surface area contributed by atoms with E-state index in [2.05, 4.69) is 15.9 Å². The van der Waals surface area contributed by atoms with Gasteiger partial charge in [0.05, 0.1) is 16.7 Å². The van der Waals surface area contributed by atoms with Crippen molar-refractivity contribution in [3.63, 3.8) is 0 Å². The van der Waals surface area contributed by atoms with E-state index in [4.69, 9.17) is 4.74 Å². The van der Waals surface area contributed by atoms with E-state index < -0.39 is 5.97 Å². The van der Waals surface area contributed by atoms with Crippen LogP contribution < -0.4 is 4.74 Å². The molecule has 0 aromatic heterocycles. The first-order chi connectivity index (χ1) is 12.0. The Morgan fingerprint density at radius 3 is 2.40 bits per heavy atom. The van der Waals surface area contributed by atoms with E-state index in [1.165, 1.54) is 23.1 Å². The molecular formula is C19H16BrNO4. The minimum atomic E-state index is -0.572. The maximum absolute atomic E-state index is 12.4. The van der Waals surface area contributed by atoms with Crippen molar-refractivity contribution in [1.29, 1.82) is 0 Å². The maximum atomic E-state index is 12.4. The molecule has 0 N–H and O–H groups in total. The predicted molar refractivity (Wildman–Crippen MR) is 95.8 cm³/mol. The van der Waals surface area contributed by atoms with Crippen LogP contribution in [-0.4, -0.2) is 29.2 Å². The zero-order valence-corrected chi connectivity index (χ0v) is 15.2. The number of carbonyl (C=O) groups is 3. The zero-order chi connectivity index (χ0) is 18.0. The number of ether oxygens (including phenoxy) is 1. The fourth-order valence-electron chi connectivity index (χ4n) is 2.61. The molecular weight excluding hydrogens is 386 g/mol. The van der Waals surface area contributed by atoms with Crippen LogP contribution >= 0.6 is 15.9 Å². The van der Waals surface area contributed by atoms with Crippen molar-refractivity contribution in [3.8, 4) is 5.75 Å². The summed E-state index contributed by atoms with van der Waals surface area (Å²) in [4.78, 5) is 38.3. The number of fused-ring (bicyclic) bond motifs is 1.